The van der Waals surface area contributed by atoms with Crippen LogP contribution in [0.25, 0.3) is 0 Å². The fraction of sp³-hybridized carbons (Fsp3) is 0.345. The van der Waals surface area contributed by atoms with Gasteiger partial charge in [0.05, 0.1) is 29.9 Å². The van der Waals surface area contributed by atoms with Crippen LogP contribution in [0.3, 0.4) is 0 Å². The van der Waals surface area contributed by atoms with Gasteiger partial charge in [0, 0.05) is 18.7 Å². The van der Waals surface area contributed by atoms with E-state index >= 15 is 0 Å². The topological polar surface area (TPSA) is 113 Å². The average Bonchev–Trinajstić information content (AvgIpc) is 2.95. The summed E-state index contributed by atoms with van der Waals surface area (Å²) in [5.41, 5.74) is 2.80. The molecule has 9 nitrogen and oxygen atoms in total. The van der Waals surface area contributed by atoms with E-state index in [-0.39, 0.29) is 30.5 Å². The van der Waals surface area contributed by atoms with Crippen molar-refractivity contribution in [3.8, 4) is 5.75 Å². The van der Waals surface area contributed by atoms with Gasteiger partial charge in [-0.05, 0) is 73.9 Å². The maximum Gasteiger partial charge on any atom is 0.251 e. The lowest BCUT2D eigenvalue weighted by Crippen LogP contribution is -2.35. The minimum absolute atomic E-state index is 0.188. The molecule has 0 spiro atoms. The molecule has 40 heavy (non-hydrogen) atoms. The highest BCUT2D eigenvalue weighted by molar-refractivity contribution is 7.92. The Morgan fingerprint density at radius 3 is 2.10 bits per heavy atom. The summed E-state index contributed by atoms with van der Waals surface area (Å²) in [6.07, 6.45) is 3.97. The van der Waals surface area contributed by atoms with E-state index in [2.05, 4.69) is 5.32 Å². The Morgan fingerprint density at radius 1 is 0.875 bits per heavy atom. The largest absolute Gasteiger partial charge is 0.492 e. The first kappa shape index (κ1) is 29.6. The smallest absolute Gasteiger partial charge is 0.251 e. The van der Waals surface area contributed by atoms with E-state index in [9.17, 15) is 21.6 Å². The summed E-state index contributed by atoms with van der Waals surface area (Å²) in [7, 11) is -7.04. The molecular weight excluding hydrogens is 550 g/mol. The van der Waals surface area contributed by atoms with E-state index in [4.69, 9.17) is 4.74 Å². The summed E-state index contributed by atoms with van der Waals surface area (Å²) in [6, 6.07) is 20.3. The molecule has 3 aromatic carbocycles. The van der Waals surface area contributed by atoms with Crippen molar-refractivity contribution in [2.24, 2.45) is 0 Å². The molecule has 0 aromatic heterocycles. The second-order valence-corrected chi connectivity index (χ2v) is 13.7. The normalized spacial score (nSPS) is 14.4. The number of piperidine rings is 1. The number of anilines is 1. The lowest BCUT2D eigenvalue weighted by molar-refractivity contribution is 0.0947. The van der Waals surface area contributed by atoms with Crippen LogP contribution in [0.4, 0.5) is 5.69 Å². The van der Waals surface area contributed by atoms with E-state index in [0.717, 1.165) is 36.6 Å². The summed E-state index contributed by atoms with van der Waals surface area (Å²) in [6.45, 7) is 3.68. The Hall–Kier alpha value is -3.41. The number of carbonyl (C=O) groups excluding carboxylic acids is 1. The van der Waals surface area contributed by atoms with Crippen molar-refractivity contribution < 1.29 is 26.4 Å². The molecule has 0 bridgehead atoms. The van der Waals surface area contributed by atoms with E-state index < -0.39 is 20.0 Å². The van der Waals surface area contributed by atoms with Crippen LogP contribution in [-0.4, -0.2) is 59.5 Å². The van der Waals surface area contributed by atoms with Gasteiger partial charge in [0.15, 0.2) is 0 Å². The van der Waals surface area contributed by atoms with E-state index in [0.29, 0.717) is 30.1 Å². The zero-order chi connectivity index (χ0) is 28.8. The van der Waals surface area contributed by atoms with Gasteiger partial charge >= 0.3 is 0 Å². The van der Waals surface area contributed by atoms with Gasteiger partial charge in [-0.3, -0.25) is 9.10 Å². The quantitative estimate of drug-likeness (QED) is 0.341. The van der Waals surface area contributed by atoms with Gasteiger partial charge in [-0.2, -0.15) is 4.31 Å². The highest BCUT2D eigenvalue weighted by atomic mass is 32.2. The van der Waals surface area contributed by atoms with Crippen molar-refractivity contribution in [2.75, 3.05) is 36.8 Å². The second kappa shape index (κ2) is 12.8. The van der Waals surface area contributed by atoms with E-state index in [1.54, 1.807) is 36.4 Å². The third-order valence-electron chi connectivity index (χ3n) is 6.70. The minimum Gasteiger partial charge on any atom is -0.492 e. The Balaban J connectivity index is 1.28. The number of hydrogen-bond acceptors (Lipinski definition) is 6. The summed E-state index contributed by atoms with van der Waals surface area (Å²) < 4.78 is 58.9. The van der Waals surface area contributed by atoms with Crippen LogP contribution in [0.1, 0.15) is 40.7 Å². The van der Waals surface area contributed by atoms with Crippen molar-refractivity contribution >= 4 is 31.6 Å². The number of ether oxygens (including phenoxy) is 1. The van der Waals surface area contributed by atoms with Crippen molar-refractivity contribution in [1.29, 1.82) is 0 Å². The molecule has 4 rings (SSSR count). The number of amides is 1. The first-order chi connectivity index (χ1) is 19.0. The van der Waals surface area contributed by atoms with E-state index in [1.807, 2.05) is 31.2 Å². The molecular formula is C29H35N3O6S2. The second-order valence-electron chi connectivity index (χ2n) is 9.84. The molecule has 0 atom stereocenters. The Bertz CT molecular complexity index is 1500. The van der Waals surface area contributed by atoms with Gasteiger partial charge in [0.2, 0.25) is 20.0 Å². The fourth-order valence-electron chi connectivity index (χ4n) is 4.44. The van der Waals surface area contributed by atoms with Crippen molar-refractivity contribution in [2.45, 2.75) is 37.6 Å². The van der Waals surface area contributed by atoms with Gasteiger partial charge in [0.1, 0.15) is 12.4 Å². The van der Waals surface area contributed by atoms with Crippen LogP contribution in [-0.2, 0) is 26.6 Å². The van der Waals surface area contributed by atoms with Crippen LogP contribution in [0, 0.1) is 6.92 Å². The summed E-state index contributed by atoms with van der Waals surface area (Å²) >= 11 is 0. The Kier molecular flexibility index (Phi) is 9.49. The highest BCUT2D eigenvalue weighted by Crippen LogP contribution is 2.23. The van der Waals surface area contributed by atoms with Crippen molar-refractivity contribution in [3.05, 3.63) is 89.5 Å². The molecule has 1 amide bonds. The minimum atomic E-state index is -3.54. The Morgan fingerprint density at radius 2 is 1.50 bits per heavy atom. The van der Waals surface area contributed by atoms with Gasteiger partial charge in [-0.15, -0.1) is 0 Å². The van der Waals surface area contributed by atoms with Crippen LogP contribution >= 0.6 is 0 Å². The van der Waals surface area contributed by atoms with Crippen molar-refractivity contribution in [3.63, 3.8) is 0 Å². The number of benzene rings is 3. The van der Waals surface area contributed by atoms with Gasteiger partial charge < -0.3 is 10.1 Å². The monoisotopic (exact) mass is 585 g/mol. The number of aryl methyl sites for hydroxylation is 1. The number of nitrogens with zero attached hydrogens (tertiary/aromatic N) is 2. The van der Waals surface area contributed by atoms with E-state index in [1.165, 1.54) is 20.7 Å². The van der Waals surface area contributed by atoms with Gasteiger partial charge in [-0.1, -0.05) is 36.2 Å². The van der Waals surface area contributed by atoms with Crippen molar-refractivity contribution in [1.82, 2.24) is 9.62 Å². The predicted octanol–water partition coefficient (Wildman–Crippen LogP) is 3.94. The average molecular weight is 586 g/mol. The van der Waals surface area contributed by atoms with Gasteiger partial charge in [0.25, 0.3) is 5.91 Å². The molecule has 0 radical (unpaired) electrons. The fourth-order valence-corrected chi connectivity index (χ4v) is 6.84. The number of nitrogens with one attached hydrogen (secondary N) is 1. The number of carbonyl (C=O) groups is 1. The first-order valence-corrected chi connectivity index (χ1v) is 16.5. The summed E-state index contributed by atoms with van der Waals surface area (Å²) in [5, 5.41) is 2.77. The molecule has 1 fully saturated rings. The first-order valence-electron chi connectivity index (χ1n) is 13.2. The number of rotatable bonds is 11. The van der Waals surface area contributed by atoms with Crippen LogP contribution in [0.2, 0.25) is 0 Å². The SMILES string of the molecule is Cc1ccc(CN(c2ccc(C(=O)NCCOc3ccc(S(=O)(=O)N4CCCCC4)cc3)cc2)S(C)(=O)=O)cc1. The van der Waals surface area contributed by atoms with Crippen LogP contribution < -0.4 is 14.4 Å². The maximum atomic E-state index is 12.8. The number of hydrogen-bond donors (Lipinski definition) is 1. The molecule has 1 N–H and O–H groups in total. The maximum absolute atomic E-state index is 12.8. The van der Waals surface area contributed by atoms with Crippen LogP contribution in [0.15, 0.2) is 77.7 Å². The molecule has 3 aromatic rings. The molecule has 1 aliphatic rings. The molecule has 1 saturated heterocycles. The lowest BCUT2D eigenvalue weighted by Gasteiger charge is -2.25. The molecule has 0 saturated carbocycles. The van der Waals surface area contributed by atoms with Gasteiger partial charge in [-0.25, -0.2) is 16.8 Å². The third kappa shape index (κ3) is 7.61. The standard InChI is InChI=1S/C29H35N3O6S2/c1-23-6-8-24(9-7-23)22-32(39(2,34)35)26-12-10-25(11-13-26)29(33)30-18-21-38-27-14-16-28(17-15-27)40(36,37)31-19-4-3-5-20-31/h6-17H,3-5,18-22H2,1-2H3,(H,30,33). The molecule has 0 unspecified atom stereocenters. The molecule has 1 aliphatic heterocycles. The third-order valence-corrected chi connectivity index (χ3v) is 9.75. The highest BCUT2D eigenvalue weighted by Gasteiger charge is 2.25. The molecule has 1 heterocycles. The molecule has 11 heteroatoms. The number of sulfonamides is 2. The lowest BCUT2D eigenvalue weighted by atomic mass is 10.1. The summed E-state index contributed by atoms with van der Waals surface area (Å²) in [5.74, 6) is 0.188. The zero-order valence-corrected chi connectivity index (χ0v) is 24.4. The summed E-state index contributed by atoms with van der Waals surface area (Å²) in [4.78, 5) is 12.8. The zero-order valence-electron chi connectivity index (χ0n) is 22.7. The molecule has 214 valence electrons. The van der Waals surface area contributed by atoms with Crippen LogP contribution in [0.5, 0.6) is 5.75 Å². The predicted molar refractivity (Wildman–Crippen MR) is 156 cm³/mol. The molecule has 0 aliphatic carbocycles. The Labute approximate surface area is 236 Å².